The van der Waals surface area contributed by atoms with E-state index in [0.29, 0.717) is 6.54 Å². The molecular formula is C24H33N3O. The van der Waals surface area contributed by atoms with E-state index in [2.05, 4.69) is 60.2 Å². The van der Waals surface area contributed by atoms with Gasteiger partial charge in [0, 0.05) is 25.8 Å². The first-order valence-corrected chi connectivity index (χ1v) is 10.5. The fraction of sp³-hybridized carbons (Fsp3) is 0.500. The number of rotatable bonds is 7. The summed E-state index contributed by atoms with van der Waals surface area (Å²) in [5.41, 5.74) is 3.31. The number of nitrogens with one attached hydrogen (secondary N) is 1. The van der Waals surface area contributed by atoms with Crippen molar-refractivity contribution in [2.45, 2.75) is 52.6 Å². The first kappa shape index (κ1) is 20.5. The zero-order valence-electron chi connectivity index (χ0n) is 17.4. The molecule has 3 rings (SSSR count). The number of amides is 1. The lowest BCUT2D eigenvalue weighted by Gasteiger charge is -2.30. The van der Waals surface area contributed by atoms with Gasteiger partial charge in [-0.15, -0.1) is 0 Å². The van der Waals surface area contributed by atoms with Crippen molar-refractivity contribution in [1.82, 2.24) is 15.2 Å². The highest BCUT2D eigenvalue weighted by Gasteiger charge is 2.25. The Bertz CT molecular complexity index is 742. The van der Waals surface area contributed by atoms with Crippen LogP contribution in [-0.2, 0) is 17.9 Å². The lowest BCUT2D eigenvalue weighted by atomic mass is 9.91. The summed E-state index contributed by atoms with van der Waals surface area (Å²) in [5, 5.41) is 3.10. The number of aromatic nitrogens is 1. The molecule has 0 bridgehead atoms. The second-order valence-electron chi connectivity index (χ2n) is 8.49. The third kappa shape index (κ3) is 5.65. The van der Waals surface area contributed by atoms with Crippen LogP contribution in [0.1, 0.15) is 56.4 Å². The van der Waals surface area contributed by atoms with E-state index >= 15 is 0 Å². The fourth-order valence-electron chi connectivity index (χ4n) is 4.09. The Morgan fingerprint density at radius 2 is 1.93 bits per heavy atom. The second kappa shape index (κ2) is 9.83. The van der Waals surface area contributed by atoms with Crippen LogP contribution in [0.15, 0.2) is 48.7 Å². The van der Waals surface area contributed by atoms with Gasteiger partial charge < -0.3 is 5.32 Å². The van der Waals surface area contributed by atoms with Gasteiger partial charge in [-0.1, -0.05) is 51.1 Å². The molecule has 2 aromatic rings. The number of hydrogen-bond acceptors (Lipinski definition) is 3. The number of hydrogen-bond donors (Lipinski definition) is 1. The van der Waals surface area contributed by atoms with E-state index in [9.17, 15) is 4.79 Å². The number of nitrogens with zero attached hydrogens (tertiary/aromatic N) is 2. The SMILES string of the molecule is CC(C)[C@H](C(=O)NCc1ccc(CN2CCC[C@H](C)C2)cc1)c1ccccn1. The third-order valence-electron chi connectivity index (χ3n) is 5.59. The predicted octanol–water partition coefficient (Wildman–Crippen LogP) is 4.37. The highest BCUT2D eigenvalue weighted by molar-refractivity contribution is 5.83. The molecule has 0 radical (unpaired) electrons. The van der Waals surface area contributed by atoms with Gasteiger partial charge in [0.05, 0.1) is 11.6 Å². The molecular weight excluding hydrogens is 346 g/mol. The number of carbonyl (C=O) groups is 1. The van der Waals surface area contributed by atoms with E-state index in [1.165, 1.54) is 31.5 Å². The van der Waals surface area contributed by atoms with Gasteiger partial charge in [-0.3, -0.25) is 14.7 Å². The normalized spacial score (nSPS) is 18.8. The Morgan fingerprint density at radius 1 is 1.18 bits per heavy atom. The van der Waals surface area contributed by atoms with Crippen molar-refractivity contribution in [2.75, 3.05) is 13.1 Å². The van der Waals surface area contributed by atoms with E-state index in [-0.39, 0.29) is 17.7 Å². The molecule has 0 unspecified atom stereocenters. The van der Waals surface area contributed by atoms with E-state index in [1.54, 1.807) is 6.20 Å². The minimum atomic E-state index is -0.221. The molecule has 1 N–H and O–H groups in total. The average Bonchev–Trinajstić information content (AvgIpc) is 2.68. The Balaban J connectivity index is 1.54. The van der Waals surface area contributed by atoms with Gasteiger partial charge in [0.1, 0.15) is 0 Å². The summed E-state index contributed by atoms with van der Waals surface area (Å²) in [4.78, 5) is 19.7. The second-order valence-corrected chi connectivity index (χ2v) is 8.49. The van der Waals surface area contributed by atoms with E-state index in [1.807, 2.05) is 18.2 Å². The van der Waals surface area contributed by atoms with Crippen LogP contribution in [0.4, 0.5) is 0 Å². The van der Waals surface area contributed by atoms with Crippen molar-refractivity contribution >= 4 is 5.91 Å². The molecule has 28 heavy (non-hydrogen) atoms. The summed E-state index contributed by atoms with van der Waals surface area (Å²) in [6.45, 7) is 10.4. The maximum Gasteiger partial charge on any atom is 0.229 e. The molecule has 2 atom stereocenters. The van der Waals surface area contributed by atoms with Gasteiger partial charge in [0.25, 0.3) is 0 Å². The average molecular weight is 380 g/mol. The van der Waals surface area contributed by atoms with Gasteiger partial charge in [-0.05, 0) is 54.5 Å². The largest absolute Gasteiger partial charge is 0.351 e. The van der Waals surface area contributed by atoms with Crippen molar-refractivity contribution in [2.24, 2.45) is 11.8 Å². The van der Waals surface area contributed by atoms with Crippen LogP contribution in [0.2, 0.25) is 0 Å². The minimum absolute atomic E-state index is 0.0417. The van der Waals surface area contributed by atoms with Crippen LogP contribution in [0.25, 0.3) is 0 Å². The zero-order chi connectivity index (χ0) is 19.9. The molecule has 0 saturated carbocycles. The Labute approximate surface area is 169 Å². The van der Waals surface area contributed by atoms with Gasteiger partial charge >= 0.3 is 0 Å². The quantitative estimate of drug-likeness (QED) is 0.777. The molecule has 1 aliphatic rings. The minimum Gasteiger partial charge on any atom is -0.351 e. The van der Waals surface area contributed by atoms with E-state index in [0.717, 1.165) is 23.7 Å². The zero-order valence-corrected chi connectivity index (χ0v) is 17.4. The molecule has 4 nitrogen and oxygen atoms in total. The molecule has 1 fully saturated rings. The summed E-state index contributed by atoms with van der Waals surface area (Å²) >= 11 is 0. The summed E-state index contributed by atoms with van der Waals surface area (Å²) in [5.74, 6) is 0.821. The van der Waals surface area contributed by atoms with E-state index < -0.39 is 0 Å². The Kier molecular flexibility index (Phi) is 7.21. The first-order chi connectivity index (χ1) is 13.5. The van der Waals surface area contributed by atoms with Crippen LogP contribution in [0.3, 0.4) is 0 Å². The molecule has 1 aromatic heterocycles. The standard InChI is InChI=1S/C24H33N3O/c1-18(2)23(22-8-4-5-13-25-22)24(28)26-15-20-9-11-21(12-10-20)17-27-14-6-7-19(3)16-27/h4-5,8-13,18-19,23H,6-7,14-17H2,1-3H3,(H,26,28)/t19-,23-/m0/s1. The third-order valence-corrected chi connectivity index (χ3v) is 5.59. The first-order valence-electron chi connectivity index (χ1n) is 10.5. The topological polar surface area (TPSA) is 45.2 Å². The number of carbonyl (C=O) groups excluding carboxylic acids is 1. The van der Waals surface area contributed by atoms with Crippen molar-refractivity contribution in [3.8, 4) is 0 Å². The number of pyridine rings is 1. The van der Waals surface area contributed by atoms with Gasteiger partial charge in [-0.2, -0.15) is 0 Å². The maximum absolute atomic E-state index is 12.8. The molecule has 0 spiro atoms. The smallest absolute Gasteiger partial charge is 0.229 e. The molecule has 1 aliphatic heterocycles. The highest BCUT2D eigenvalue weighted by atomic mass is 16.1. The van der Waals surface area contributed by atoms with Crippen LogP contribution in [-0.4, -0.2) is 28.9 Å². The highest BCUT2D eigenvalue weighted by Crippen LogP contribution is 2.23. The monoisotopic (exact) mass is 379 g/mol. The summed E-state index contributed by atoms with van der Waals surface area (Å²) in [6.07, 6.45) is 4.41. The number of benzene rings is 1. The van der Waals surface area contributed by atoms with Crippen molar-refractivity contribution in [1.29, 1.82) is 0 Å². The number of piperidine rings is 1. The van der Waals surface area contributed by atoms with Gasteiger partial charge in [0.2, 0.25) is 5.91 Å². The predicted molar refractivity (Wildman–Crippen MR) is 114 cm³/mol. The molecule has 0 aliphatic carbocycles. The maximum atomic E-state index is 12.8. The van der Waals surface area contributed by atoms with Crippen LogP contribution in [0, 0.1) is 11.8 Å². The Hall–Kier alpha value is -2.20. The van der Waals surface area contributed by atoms with Crippen LogP contribution < -0.4 is 5.32 Å². The molecule has 150 valence electrons. The van der Waals surface area contributed by atoms with Gasteiger partial charge in [0.15, 0.2) is 0 Å². The molecule has 1 amide bonds. The summed E-state index contributed by atoms with van der Waals surface area (Å²) < 4.78 is 0. The molecule has 2 heterocycles. The van der Waals surface area contributed by atoms with Crippen molar-refractivity contribution < 1.29 is 4.79 Å². The van der Waals surface area contributed by atoms with Crippen LogP contribution >= 0.6 is 0 Å². The summed E-state index contributed by atoms with van der Waals surface area (Å²) in [6, 6.07) is 14.4. The molecule has 4 heteroatoms. The fourth-order valence-corrected chi connectivity index (χ4v) is 4.09. The lowest BCUT2D eigenvalue weighted by Crippen LogP contribution is -2.33. The Morgan fingerprint density at radius 3 is 2.57 bits per heavy atom. The van der Waals surface area contributed by atoms with Gasteiger partial charge in [-0.25, -0.2) is 0 Å². The summed E-state index contributed by atoms with van der Waals surface area (Å²) in [7, 11) is 0. The van der Waals surface area contributed by atoms with Crippen molar-refractivity contribution in [3.63, 3.8) is 0 Å². The molecule has 1 aromatic carbocycles. The molecule has 1 saturated heterocycles. The van der Waals surface area contributed by atoms with Crippen molar-refractivity contribution in [3.05, 3.63) is 65.5 Å². The van der Waals surface area contributed by atoms with E-state index in [4.69, 9.17) is 0 Å². The number of likely N-dealkylation sites (tertiary alicyclic amines) is 1. The lowest BCUT2D eigenvalue weighted by molar-refractivity contribution is -0.123. The van der Waals surface area contributed by atoms with Crippen LogP contribution in [0.5, 0.6) is 0 Å².